The average molecular weight is 417 g/mol. The van der Waals surface area contributed by atoms with E-state index >= 15 is 0 Å². The van der Waals surface area contributed by atoms with Gasteiger partial charge in [0.2, 0.25) is 0 Å². The molecule has 3 rings (SSSR count). The van der Waals surface area contributed by atoms with Gasteiger partial charge in [0.1, 0.15) is 11.4 Å². The third kappa shape index (κ3) is 4.55. The Bertz CT molecular complexity index is 1030. The molecule has 0 atom stereocenters. The fourth-order valence-electron chi connectivity index (χ4n) is 2.50. The summed E-state index contributed by atoms with van der Waals surface area (Å²) in [6.45, 7) is 0. The standard InChI is InChI=1S/C19H20Cl2N7/c1-26(2)18-8-6-14(12-16(18)21)22-24-17-7-5-13(11-15(17)20)23-25-19-27(3)9-10-28(19)4/h5-12H,1-4H3/q+1. The molecular weight excluding hydrogens is 397 g/mol. The molecule has 144 valence electrons. The maximum atomic E-state index is 6.32. The molecule has 0 aliphatic heterocycles. The zero-order chi connectivity index (χ0) is 20.3. The van der Waals surface area contributed by atoms with Gasteiger partial charge in [0.15, 0.2) is 0 Å². The lowest BCUT2D eigenvalue weighted by atomic mass is 10.2. The minimum atomic E-state index is 0.437. The number of halogens is 2. The van der Waals surface area contributed by atoms with E-state index in [1.807, 2.05) is 66.8 Å². The van der Waals surface area contributed by atoms with Gasteiger partial charge in [-0.2, -0.15) is 5.11 Å². The number of imidazole rings is 1. The molecule has 0 spiro atoms. The molecule has 0 N–H and O–H groups in total. The smallest absolute Gasteiger partial charge is 0.376 e. The highest BCUT2D eigenvalue weighted by molar-refractivity contribution is 6.33. The second-order valence-corrected chi connectivity index (χ2v) is 7.20. The van der Waals surface area contributed by atoms with Gasteiger partial charge in [-0.05, 0) is 36.4 Å². The van der Waals surface area contributed by atoms with Gasteiger partial charge in [0.05, 0.1) is 47.9 Å². The number of hydrogen-bond acceptors (Lipinski definition) is 5. The Morgan fingerprint density at radius 2 is 1.54 bits per heavy atom. The molecule has 1 heterocycles. The fraction of sp³-hybridized carbons (Fsp3) is 0.211. The Morgan fingerprint density at radius 3 is 2.11 bits per heavy atom. The monoisotopic (exact) mass is 416 g/mol. The number of hydrogen-bond donors (Lipinski definition) is 0. The Morgan fingerprint density at radius 1 is 0.893 bits per heavy atom. The molecule has 0 saturated heterocycles. The summed E-state index contributed by atoms with van der Waals surface area (Å²) in [5.74, 6) is 0.720. The van der Waals surface area contributed by atoms with Gasteiger partial charge in [-0.15, -0.1) is 5.11 Å². The predicted molar refractivity (Wildman–Crippen MR) is 112 cm³/mol. The van der Waals surface area contributed by atoms with E-state index in [-0.39, 0.29) is 0 Å². The Balaban J connectivity index is 1.77. The lowest BCUT2D eigenvalue weighted by Gasteiger charge is -2.13. The number of aryl methyl sites for hydroxylation is 2. The van der Waals surface area contributed by atoms with E-state index in [1.165, 1.54) is 0 Å². The Labute approximate surface area is 173 Å². The van der Waals surface area contributed by atoms with Crippen LogP contribution in [0.2, 0.25) is 10.0 Å². The average Bonchev–Trinajstić information content (AvgIpc) is 2.97. The van der Waals surface area contributed by atoms with Crippen molar-refractivity contribution in [1.29, 1.82) is 0 Å². The highest BCUT2D eigenvalue weighted by Gasteiger charge is 2.11. The van der Waals surface area contributed by atoms with E-state index in [0.717, 1.165) is 11.6 Å². The lowest BCUT2D eigenvalue weighted by molar-refractivity contribution is -0.657. The summed E-state index contributed by atoms with van der Waals surface area (Å²) in [5, 5.41) is 18.0. The zero-order valence-electron chi connectivity index (χ0n) is 16.0. The minimum Gasteiger partial charge on any atom is -0.376 e. The molecule has 0 unspecified atom stereocenters. The largest absolute Gasteiger partial charge is 0.421 e. The quantitative estimate of drug-likeness (QED) is 0.368. The van der Waals surface area contributed by atoms with Crippen LogP contribution in [0, 0.1) is 0 Å². The molecular formula is C19H20Cl2N7+. The van der Waals surface area contributed by atoms with Crippen molar-refractivity contribution >= 4 is 51.9 Å². The van der Waals surface area contributed by atoms with Gasteiger partial charge >= 0.3 is 5.95 Å². The summed E-state index contributed by atoms with van der Waals surface area (Å²) in [6.07, 6.45) is 3.81. The highest BCUT2D eigenvalue weighted by atomic mass is 35.5. The molecule has 0 radical (unpaired) electrons. The topological polar surface area (TPSA) is 61.5 Å². The van der Waals surface area contributed by atoms with Crippen molar-refractivity contribution in [2.24, 2.45) is 34.6 Å². The van der Waals surface area contributed by atoms with E-state index in [0.29, 0.717) is 27.1 Å². The van der Waals surface area contributed by atoms with E-state index < -0.39 is 0 Å². The normalized spacial score (nSPS) is 11.6. The molecule has 2 aromatic carbocycles. The van der Waals surface area contributed by atoms with Gasteiger partial charge in [0.25, 0.3) is 0 Å². The van der Waals surface area contributed by atoms with E-state index in [2.05, 4.69) is 20.5 Å². The molecule has 1 aromatic heterocycles. The number of rotatable bonds is 5. The summed E-state index contributed by atoms with van der Waals surface area (Å²) in [7, 11) is 7.67. The molecule has 7 nitrogen and oxygen atoms in total. The van der Waals surface area contributed by atoms with Crippen LogP contribution >= 0.6 is 23.2 Å². The van der Waals surface area contributed by atoms with Crippen LogP contribution in [0.4, 0.5) is 28.7 Å². The minimum absolute atomic E-state index is 0.437. The van der Waals surface area contributed by atoms with Crippen LogP contribution in [0.3, 0.4) is 0 Å². The van der Waals surface area contributed by atoms with Crippen LogP contribution in [0.15, 0.2) is 69.2 Å². The van der Waals surface area contributed by atoms with Crippen molar-refractivity contribution in [2.75, 3.05) is 19.0 Å². The first-order valence-corrected chi connectivity index (χ1v) is 9.21. The SMILES string of the molecule is CN(C)c1ccc(N=Nc2ccc(N=Nc3n(C)cc[n+]3C)cc2Cl)cc1Cl. The first kappa shape index (κ1) is 20.0. The number of nitrogens with zero attached hydrogens (tertiary/aromatic N) is 7. The van der Waals surface area contributed by atoms with Crippen LogP contribution in [0.1, 0.15) is 0 Å². The molecule has 0 saturated carbocycles. The predicted octanol–water partition coefficient (Wildman–Crippen LogP) is 6.05. The molecule has 0 aliphatic rings. The van der Waals surface area contributed by atoms with Gasteiger partial charge in [0, 0.05) is 19.2 Å². The van der Waals surface area contributed by atoms with Gasteiger partial charge in [-0.25, -0.2) is 9.13 Å². The molecule has 0 amide bonds. The van der Waals surface area contributed by atoms with Gasteiger partial charge in [-0.1, -0.05) is 28.3 Å². The number of azo groups is 2. The highest BCUT2D eigenvalue weighted by Crippen LogP contribution is 2.33. The molecule has 0 bridgehead atoms. The maximum absolute atomic E-state index is 6.32. The first-order valence-electron chi connectivity index (χ1n) is 8.46. The van der Waals surface area contributed by atoms with Crippen molar-refractivity contribution < 1.29 is 4.57 Å². The lowest BCUT2D eigenvalue weighted by Crippen LogP contribution is -2.25. The van der Waals surface area contributed by atoms with Gasteiger partial charge < -0.3 is 4.90 Å². The second kappa shape index (κ2) is 8.50. The molecule has 0 fully saturated rings. The van der Waals surface area contributed by atoms with E-state index in [9.17, 15) is 0 Å². The molecule has 3 aromatic rings. The third-order valence-corrected chi connectivity index (χ3v) is 4.62. The van der Waals surface area contributed by atoms with Crippen LogP contribution in [0.5, 0.6) is 0 Å². The van der Waals surface area contributed by atoms with Crippen LogP contribution in [-0.4, -0.2) is 18.7 Å². The van der Waals surface area contributed by atoms with Crippen molar-refractivity contribution in [3.05, 3.63) is 58.8 Å². The van der Waals surface area contributed by atoms with Gasteiger partial charge in [-0.3, -0.25) is 0 Å². The number of benzene rings is 2. The van der Waals surface area contributed by atoms with Crippen LogP contribution in [-0.2, 0) is 14.1 Å². The summed E-state index contributed by atoms with van der Waals surface area (Å²) in [6, 6.07) is 10.7. The third-order valence-electron chi connectivity index (χ3n) is 4.02. The summed E-state index contributed by atoms with van der Waals surface area (Å²) in [5.41, 5.74) is 2.73. The first-order chi connectivity index (χ1) is 13.3. The number of aromatic nitrogens is 2. The number of anilines is 1. The summed E-state index contributed by atoms with van der Waals surface area (Å²) in [4.78, 5) is 1.93. The van der Waals surface area contributed by atoms with Crippen molar-refractivity contribution in [3.8, 4) is 0 Å². The van der Waals surface area contributed by atoms with Crippen LogP contribution in [0.25, 0.3) is 0 Å². The maximum Gasteiger partial charge on any atom is 0.421 e. The van der Waals surface area contributed by atoms with Crippen molar-refractivity contribution in [2.45, 2.75) is 0 Å². The molecule has 28 heavy (non-hydrogen) atoms. The van der Waals surface area contributed by atoms with Crippen LogP contribution < -0.4 is 9.47 Å². The fourth-order valence-corrected chi connectivity index (χ4v) is 3.05. The Hall–Kier alpha value is -2.77. The zero-order valence-corrected chi connectivity index (χ0v) is 17.5. The summed E-state index contributed by atoms with van der Waals surface area (Å²) < 4.78 is 3.75. The molecule has 9 heteroatoms. The van der Waals surface area contributed by atoms with Crippen molar-refractivity contribution in [3.63, 3.8) is 0 Å². The molecule has 0 aliphatic carbocycles. The van der Waals surface area contributed by atoms with E-state index in [4.69, 9.17) is 23.2 Å². The Kier molecular flexibility index (Phi) is 6.06. The van der Waals surface area contributed by atoms with E-state index in [1.54, 1.807) is 24.3 Å². The second-order valence-electron chi connectivity index (χ2n) is 6.39. The van der Waals surface area contributed by atoms with Crippen molar-refractivity contribution in [1.82, 2.24) is 4.57 Å². The summed E-state index contributed by atoms with van der Waals surface area (Å²) >= 11 is 12.6.